The molecule has 1 atom stereocenters. The number of rotatable bonds is 0. The Bertz CT molecular complexity index is 150. The smallest absolute Gasteiger partial charge is 0.255 e. The molecule has 0 bridgehead atoms. The third-order valence-corrected chi connectivity index (χ3v) is 2.68. The van der Waals surface area contributed by atoms with Crippen molar-refractivity contribution in [3.8, 4) is 0 Å². The van der Waals surface area contributed by atoms with Crippen molar-refractivity contribution >= 4 is 0 Å². The van der Waals surface area contributed by atoms with Crippen molar-refractivity contribution in [3.05, 3.63) is 0 Å². The molecule has 1 aliphatic carbocycles. The minimum absolute atomic E-state index is 0.118. The highest BCUT2D eigenvalue weighted by molar-refractivity contribution is 5.12. The van der Waals surface area contributed by atoms with E-state index in [0.717, 1.165) is 13.0 Å². The molecular formula is C7H11F2N. The minimum Gasteiger partial charge on any atom is -0.316 e. The maximum atomic E-state index is 12.6. The van der Waals surface area contributed by atoms with Crippen LogP contribution in [-0.2, 0) is 0 Å². The van der Waals surface area contributed by atoms with Crippen LogP contribution in [0.2, 0.25) is 0 Å². The van der Waals surface area contributed by atoms with Crippen LogP contribution in [0.3, 0.4) is 0 Å². The van der Waals surface area contributed by atoms with Gasteiger partial charge in [-0.05, 0) is 19.4 Å². The van der Waals surface area contributed by atoms with Gasteiger partial charge >= 0.3 is 0 Å². The summed E-state index contributed by atoms with van der Waals surface area (Å²) in [6.07, 6.45) is 1.75. The second kappa shape index (κ2) is 1.70. The second-order valence-electron chi connectivity index (χ2n) is 3.44. The van der Waals surface area contributed by atoms with E-state index in [1.165, 1.54) is 0 Å². The van der Waals surface area contributed by atoms with Crippen molar-refractivity contribution in [3.63, 3.8) is 0 Å². The topological polar surface area (TPSA) is 12.0 Å². The lowest BCUT2D eigenvalue weighted by molar-refractivity contribution is 0.0536. The van der Waals surface area contributed by atoms with Crippen LogP contribution in [0.4, 0.5) is 8.78 Å². The molecule has 2 aliphatic rings. The summed E-state index contributed by atoms with van der Waals surface area (Å²) in [6, 6.07) is 0. The van der Waals surface area contributed by atoms with Gasteiger partial charge in [0.2, 0.25) is 0 Å². The normalized spacial score (nSPS) is 43.8. The van der Waals surface area contributed by atoms with Crippen molar-refractivity contribution < 1.29 is 8.78 Å². The zero-order valence-electron chi connectivity index (χ0n) is 5.79. The molecule has 1 N–H and O–H groups in total. The van der Waals surface area contributed by atoms with Gasteiger partial charge in [-0.1, -0.05) is 0 Å². The van der Waals surface area contributed by atoms with Crippen molar-refractivity contribution in [2.75, 3.05) is 13.1 Å². The Morgan fingerprint density at radius 3 is 2.30 bits per heavy atom. The van der Waals surface area contributed by atoms with Crippen LogP contribution < -0.4 is 5.32 Å². The quantitative estimate of drug-likeness (QED) is 0.546. The molecule has 3 heteroatoms. The standard InChI is InChI=1S/C7H11F2N/c8-7(9)4-6(7)2-1-3-10-5-6/h10H,1-5H2. The number of nitrogens with one attached hydrogen (secondary N) is 1. The van der Waals surface area contributed by atoms with Crippen LogP contribution in [0.1, 0.15) is 19.3 Å². The van der Waals surface area contributed by atoms with Crippen LogP contribution in [0.25, 0.3) is 0 Å². The van der Waals surface area contributed by atoms with Gasteiger partial charge in [-0.15, -0.1) is 0 Å². The first kappa shape index (κ1) is 6.53. The molecule has 0 aromatic carbocycles. The van der Waals surface area contributed by atoms with Gasteiger partial charge in [0.15, 0.2) is 0 Å². The Morgan fingerprint density at radius 1 is 1.30 bits per heavy atom. The van der Waals surface area contributed by atoms with E-state index in [-0.39, 0.29) is 6.42 Å². The average molecular weight is 147 g/mol. The summed E-state index contributed by atoms with van der Waals surface area (Å²) in [4.78, 5) is 0. The van der Waals surface area contributed by atoms with E-state index in [9.17, 15) is 8.78 Å². The van der Waals surface area contributed by atoms with Crippen molar-refractivity contribution in [2.45, 2.75) is 25.2 Å². The summed E-state index contributed by atoms with van der Waals surface area (Å²) in [5.74, 6) is -2.35. The highest BCUT2D eigenvalue weighted by Crippen LogP contribution is 2.63. The fraction of sp³-hybridized carbons (Fsp3) is 1.00. The van der Waals surface area contributed by atoms with Crippen LogP contribution in [0, 0.1) is 5.41 Å². The van der Waals surface area contributed by atoms with Crippen molar-refractivity contribution in [1.29, 1.82) is 0 Å². The molecule has 0 aromatic heterocycles. The van der Waals surface area contributed by atoms with E-state index in [2.05, 4.69) is 5.32 Å². The van der Waals surface area contributed by atoms with Gasteiger partial charge in [-0.3, -0.25) is 0 Å². The van der Waals surface area contributed by atoms with Gasteiger partial charge in [0.1, 0.15) is 0 Å². The van der Waals surface area contributed by atoms with Gasteiger partial charge < -0.3 is 5.32 Å². The Kier molecular flexibility index (Phi) is 1.11. The van der Waals surface area contributed by atoms with Crippen LogP contribution in [0.15, 0.2) is 0 Å². The van der Waals surface area contributed by atoms with Crippen LogP contribution in [0.5, 0.6) is 0 Å². The fourth-order valence-corrected chi connectivity index (χ4v) is 1.81. The van der Waals surface area contributed by atoms with Gasteiger partial charge in [-0.2, -0.15) is 0 Å². The molecule has 1 unspecified atom stereocenters. The SMILES string of the molecule is FC1(F)CC12CCCNC2. The Morgan fingerprint density at radius 2 is 2.00 bits per heavy atom. The molecule has 10 heavy (non-hydrogen) atoms. The number of hydrogen-bond donors (Lipinski definition) is 1. The molecule has 2 rings (SSSR count). The fourth-order valence-electron chi connectivity index (χ4n) is 1.81. The monoisotopic (exact) mass is 147 g/mol. The van der Waals surface area contributed by atoms with E-state index >= 15 is 0 Å². The van der Waals surface area contributed by atoms with E-state index in [1.807, 2.05) is 0 Å². The molecule has 1 spiro atoms. The molecule has 58 valence electrons. The molecule has 0 amide bonds. The highest BCUT2D eigenvalue weighted by atomic mass is 19.3. The van der Waals surface area contributed by atoms with Crippen LogP contribution >= 0.6 is 0 Å². The first-order valence-corrected chi connectivity index (χ1v) is 3.75. The zero-order chi connectivity index (χ0) is 7.24. The molecule has 1 saturated heterocycles. The molecule has 1 nitrogen and oxygen atoms in total. The van der Waals surface area contributed by atoms with Crippen LogP contribution in [-0.4, -0.2) is 19.0 Å². The number of halogens is 2. The van der Waals surface area contributed by atoms with Gasteiger partial charge in [0.05, 0.1) is 5.41 Å². The second-order valence-corrected chi connectivity index (χ2v) is 3.44. The Labute approximate surface area is 58.8 Å². The first-order chi connectivity index (χ1) is 4.66. The lowest BCUT2D eigenvalue weighted by Gasteiger charge is -2.22. The summed E-state index contributed by atoms with van der Waals surface area (Å²) in [5, 5.41) is 3.01. The average Bonchev–Trinajstić information content (AvgIpc) is 2.36. The predicted octanol–water partition coefficient (Wildman–Crippen LogP) is 1.40. The maximum absolute atomic E-state index is 12.6. The number of hydrogen-bond acceptors (Lipinski definition) is 1. The predicted molar refractivity (Wildman–Crippen MR) is 34.1 cm³/mol. The molecule has 1 saturated carbocycles. The Hall–Kier alpha value is -0.180. The molecule has 0 radical (unpaired) electrons. The first-order valence-electron chi connectivity index (χ1n) is 3.75. The molecule has 1 aliphatic heterocycles. The van der Waals surface area contributed by atoms with E-state index in [0.29, 0.717) is 13.0 Å². The van der Waals surface area contributed by atoms with E-state index in [4.69, 9.17) is 0 Å². The maximum Gasteiger partial charge on any atom is 0.255 e. The summed E-state index contributed by atoms with van der Waals surface area (Å²) >= 11 is 0. The van der Waals surface area contributed by atoms with E-state index in [1.54, 1.807) is 0 Å². The minimum atomic E-state index is -2.35. The largest absolute Gasteiger partial charge is 0.316 e. The van der Waals surface area contributed by atoms with Crippen molar-refractivity contribution in [2.24, 2.45) is 5.41 Å². The van der Waals surface area contributed by atoms with E-state index < -0.39 is 11.3 Å². The zero-order valence-corrected chi connectivity index (χ0v) is 5.79. The summed E-state index contributed by atoms with van der Waals surface area (Å²) in [7, 11) is 0. The third kappa shape index (κ3) is 0.698. The Balaban J connectivity index is 2.05. The number of piperidine rings is 1. The molecule has 2 fully saturated rings. The lowest BCUT2D eigenvalue weighted by Crippen LogP contribution is -2.34. The van der Waals surface area contributed by atoms with Gasteiger partial charge in [0, 0.05) is 13.0 Å². The summed E-state index contributed by atoms with van der Waals surface area (Å²) < 4.78 is 25.3. The molecule has 0 aromatic rings. The van der Waals surface area contributed by atoms with Gasteiger partial charge in [0.25, 0.3) is 5.92 Å². The molecular weight excluding hydrogens is 136 g/mol. The third-order valence-electron chi connectivity index (χ3n) is 2.68. The summed E-state index contributed by atoms with van der Waals surface area (Å²) in [5.41, 5.74) is -0.620. The van der Waals surface area contributed by atoms with Gasteiger partial charge in [-0.25, -0.2) is 8.78 Å². The van der Waals surface area contributed by atoms with Crippen molar-refractivity contribution in [1.82, 2.24) is 5.32 Å². The lowest BCUT2D eigenvalue weighted by atomic mass is 9.96. The molecule has 1 heterocycles. The summed E-state index contributed by atoms with van der Waals surface area (Å²) in [6.45, 7) is 1.44. The number of alkyl halides is 2. The highest BCUT2D eigenvalue weighted by Gasteiger charge is 2.70.